The molecule has 104 valence electrons. The van der Waals surface area contributed by atoms with Crippen molar-refractivity contribution < 1.29 is 13.9 Å². The number of hydrogen-bond acceptors (Lipinski definition) is 2. The third kappa shape index (κ3) is 3.71. The van der Waals surface area contributed by atoms with Crippen LogP contribution in [0, 0.1) is 5.82 Å². The summed E-state index contributed by atoms with van der Waals surface area (Å²) in [4.78, 5) is 11.8. The molecule has 0 radical (unpaired) electrons. The van der Waals surface area contributed by atoms with E-state index in [4.69, 9.17) is 4.74 Å². The highest BCUT2D eigenvalue weighted by Crippen LogP contribution is 2.23. The first-order valence-electron chi connectivity index (χ1n) is 6.24. The molecule has 0 spiro atoms. The fraction of sp³-hybridized carbons (Fsp3) is 0.133. The van der Waals surface area contributed by atoms with Gasteiger partial charge in [0.1, 0.15) is 11.6 Å². The van der Waals surface area contributed by atoms with Gasteiger partial charge in [0.25, 0.3) is 0 Å². The molecule has 0 aliphatic heterocycles. The van der Waals surface area contributed by atoms with Crippen molar-refractivity contribution >= 4 is 17.4 Å². The number of rotatable bonds is 4. The van der Waals surface area contributed by atoms with Crippen LogP contribution >= 0.6 is 0 Å². The van der Waals surface area contributed by atoms with E-state index in [2.05, 4.69) is 10.6 Å². The zero-order valence-corrected chi connectivity index (χ0v) is 11.0. The molecule has 0 saturated carbocycles. The number of halogens is 1. The van der Waals surface area contributed by atoms with Crippen molar-refractivity contribution in [3.05, 3.63) is 54.3 Å². The molecule has 0 aromatic heterocycles. The minimum Gasteiger partial charge on any atom is -0.492 e. The molecule has 2 N–H and O–H groups in total. The van der Waals surface area contributed by atoms with Gasteiger partial charge in [0, 0.05) is 5.69 Å². The second-order valence-electron chi connectivity index (χ2n) is 4.02. The van der Waals surface area contributed by atoms with Crippen molar-refractivity contribution in [2.75, 3.05) is 17.2 Å². The molecule has 0 bridgehead atoms. The van der Waals surface area contributed by atoms with Gasteiger partial charge in [0.2, 0.25) is 0 Å². The first-order valence-corrected chi connectivity index (χ1v) is 6.24. The van der Waals surface area contributed by atoms with Crippen molar-refractivity contribution in [1.29, 1.82) is 0 Å². The molecule has 20 heavy (non-hydrogen) atoms. The Bertz CT molecular complexity index is 602. The predicted molar refractivity (Wildman–Crippen MR) is 76.7 cm³/mol. The van der Waals surface area contributed by atoms with Gasteiger partial charge in [0.15, 0.2) is 0 Å². The van der Waals surface area contributed by atoms with E-state index in [-0.39, 0.29) is 0 Å². The lowest BCUT2D eigenvalue weighted by atomic mass is 10.3. The lowest BCUT2D eigenvalue weighted by molar-refractivity contribution is 0.262. The van der Waals surface area contributed by atoms with Gasteiger partial charge < -0.3 is 15.4 Å². The number of hydrogen-bond donors (Lipinski definition) is 2. The van der Waals surface area contributed by atoms with E-state index in [0.717, 1.165) is 0 Å². The number of carbonyl (C=O) groups excluding carboxylic acids is 1. The number of para-hydroxylation sites is 2. The molecule has 0 unspecified atom stereocenters. The van der Waals surface area contributed by atoms with Crippen LogP contribution in [0.15, 0.2) is 48.5 Å². The van der Waals surface area contributed by atoms with E-state index in [1.807, 2.05) is 13.0 Å². The van der Waals surface area contributed by atoms with E-state index in [9.17, 15) is 9.18 Å². The summed E-state index contributed by atoms with van der Waals surface area (Å²) in [6, 6.07) is 12.3. The number of amides is 2. The van der Waals surface area contributed by atoms with E-state index in [1.165, 1.54) is 18.2 Å². The van der Waals surface area contributed by atoms with Gasteiger partial charge in [-0.15, -0.1) is 0 Å². The maximum absolute atomic E-state index is 13.0. The molecular formula is C15H15FN2O2. The summed E-state index contributed by atoms with van der Waals surface area (Å²) in [5, 5.41) is 5.22. The molecule has 0 heterocycles. The van der Waals surface area contributed by atoms with Crippen LogP contribution in [0.3, 0.4) is 0 Å². The molecule has 2 rings (SSSR count). The van der Waals surface area contributed by atoms with Crippen LogP contribution in [-0.2, 0) is 0 Å². The smallest absolute Gasteiger partial charge is 0.323 e. The highest BCUT2D eigenvalue weighted by Gasteiger charge is 2.07. The van der Waals surface area contributed by atoms with Crippen LogP contribution in [0.5, 0.6) is 5.75 Å². The molecule has 0 fully saturated rings. The van der Waals surface area contributed by atoms with E-state index in [0.29, 0.717) is 23.7 Å². The largest absolute Gasteiger partial charge is 0.492 e. The van der Waals surface area contributed by atoms with Gasteiger partial charge in [0.05, 0.1) is 12.3 Å². The third-order valence-corrected chi connectivity index (χ3v) is 2.52. The Balaban J connectivity index is 2.05. The van der Waals surface area contributed by atoms with Crippen LogP contribution in [0.4, 0.5) is 20.6 Å². The summed E-state index contributed by atoms with van der Waals surface area (Å²) in [6.45, 7) is 2.37. The van der Waals surface area contributed by atoms with Crippen molar-refractivity contribution in [2.24, 2.45) is 0 Å². The summed E-state index contributed by atoms with van der Waals surface area (Å²) in [5.74, 6) is 0.182. The zero-order valence-electron chi connectivity index (χ0n) is 11.0. The standard InChI is InChI=1S/C15H15FN2O2/c1-2-20-14-9-4-3-8-13(14)18-15(19)17-12-7-5-6-11(16)10-12/h3-10H,2H2,1H3,(H2,17,18,19). The molecule has 0 atom stereocenters. The molecule has 2 aromatic carbocycles. The average molecular weight is 274 g/mol. The molecule has 5 heteroatoms. The van der Waals surface area contributed by atoms with Crippen molar-refractivity contribution in [3.63, 3.8) is 0 Å². The molecule has 2 amide bonds. The van der Waals surface area contributed by atoms with Crippen molar-refractivity contribution in [3.8, 4) is 5.75 Å². The molecule has 2 aromatic rings. The first kappa shape index (κ1) is 13.9. The van der Waals surface area contributed by atoms with Gasteiger partial charge in [-0.05, 0) is 37.3 Å². The second-order valence-corrected chi connectivity index (χ2v) is 4.02. The van der Waals surface area contributed by atoms with Gasteiger partial charge >= 0.3 is 6.03 Å². The van der Waals surface area contributed by atoms with E-state index in [1.54, 1.807) is 24.3 Å². The minimum atomic E-state index is -0.456. The molecule has 0 saturated heterocycles. The quantitative estimate of drug-likeness (QED) is 0.889. The second kappa shape index (κ2) is 6.56. The van der Waals surface area contributed by atoms with Crippen LogP contribution in [0.1, 0.15) is 6.92 Å². The lowest BCUT2D eigenvalue weighted by Crippen LogP contribution is -2.20. The number of urea groups is 1. The Morgan fingerprint density at radius 3 is 2.70 bits per heavy atom. The number of nitrogens with one attached hydrogen (secondary N) is 2. The van der Waals surface area contributed by atoms with Crippen LogP contribution in [0.25, 0.3) is 0 Å². The fourth-order valence-corrected chi connectivity index (χ4v) is 1.70. The molecule has 0 aliphatic rings. The Kier molecular flexibility index (Phi) is 4.55. The molecular weight excluding hydrogens is 259 g/mol. The summed E-state index contributed by atoms with van der Waals surface area (Å²) in [7, 11) is 0. The summed E-state index contributed by atoms with van der Waals surface area (Å²) in [6.07, 6.45) is 0. The Morgan fingerprint density at radius 1 is 1.15 bits per heavy atom. The number of carbonyl (C=O) groups is 1. The zero-order chi connectivity index (χ0) is 14.4. The van der Waals surface area contributed by atoms with E-state index >= 15 is 0 Å². The highest BCUT2D eigenvalue weighted by atomic mass is 19.1. The minimum absolute atomic E-state index is 0.386. The topological polar surface area (TPSA) is 50.4 Å². The summed E-state index contributed by atoms with van der Waals surface area (Å²) in [5.41, 5.74) is 0.944. The first-order chi connectivity index (χ1) is 9.69. The summed E-state index contributed by atoms with van der Waals surface area (Å²) >= 11 is 0. The monoisotopic (exact) mass is 274 g/mol. The number of ether oxygens (including phenoxy) is 1. The van der Waals surface area contributed by atoms with Crippen LogP contribution < -0.4 is 15.4 Å². The maximum atomic E-state index is 13.0. The average Bonchev–Trinajstić information content (AvgIpc) is 2.41. The summed E-state index contributed by atoms with van der Waals surface area (Å²) < 4.78 is 18.4. The Morgan fingerprint density at radius 2 is 1.95 bits per heavy atom. The van der Waals surface area contributed by atoms with E-state index < -0.39 is 11.8 Å². The predicted octanol–water partition coefficient (Wildman–Crippen LogP) is 3.87. The van der Waals surface area contributed by atoms with Crippen LogP contribution in [-0.4, -0.2) is 12.6 Å². The highest BCUT2D eigenvalue weighted by molar-refractivity contribution is 6.00. The third-order valence-electron chi connectivity index (χ3n) is 2.52. The number of benzene rings is 2. The molecule has 4 nitrogen and oxygen atoms in total. The van der Waals surface area contributed by atoms with Gasteiger partial charge in [-0.2, -0.15) is 0 Å². The van der Waals surface area contributed by atoms with Gasteiger partial charge in [-0.3, -0.25) is 0 Å². The lowest BCUT2D eigenvalue weighted by Gasteiger charge is -2.12. The van der Waals surface area contributed by atoms with Crippen LogP contribution in [0.2, 0.25) is 0 Å². The van der Waals surface area contributed by atoms with Crippen molar-refractivity contribution in [2.45, 2.75) is 6.92 Å². The SMILES string of the molecule is CCOc1ccccc1NC(=O)Nc1cccc(F)c1. The molecule has 0 aliphatic carbocycles. The number of anilines is 2. The normalized spacial score (nSPS) is 9.90. The van der Waals surface area contributed by atoms with Crippen molar-refractivity contribution in [1.82, 2.24) is 0 Å². The fourth-order valence-electron chi connectivity index (χ4n) is 1.70. The Hall–Kier alpha value is -2.56. The maximum Gasteiger partial charge on any atom is 0.323 e. The van der Waals surface area contributed by atoms with Gasteiger partial charge in [-0.1, -0.05) is 18.2 Å². The Labute approximate surface area is 116 Å². The van der Waals surface area contributed by atoms with Gasteiger partial charge in [-0.25, -0.2) is 9.18 Å².